The first-order valence-electron chi connectivity index (χ1n) is 0.516. The molecule has 0 aromatic heterocycles. The van der Waals surface area contributed by atoms with Crippen molar-refractivity contribution in [3.8, 4) is 0 Å². The molecule has 0 aliphatic heterocycles. The topological polar surface area (TPSA) is 37.3 Å². The first-order chi connectivity index (χ1) is 1.73. The van der Waals surface area contributed by atoms with E-state index in [0.29, 0.717) is 0 Å². The van der Waals surface area contributed by atoms with Gasteiger partial charge < -0.3 is 11.6 Å². The van der Waals surface area contributed by atoms with Gasteiger partial charge in [-0.15, -0.1) is 0 Å². The van der Waals surface area contributed by atoms with Crippen molar-refractivity contribution < 1.29 is 11.6 Å². The molecule has 0 spiro atoms. The summed E-state index contributed by atoms with van der Waals surface area (Å²) in [7, 11) is -2.03. The third-order valence-corrected chi connectivity index (χ3v) is 0. The van der Waals surface area contributed by atoms with E-state index < -0.39 is 9.64 Å². The summed E-state index contributed by atoms with van der Waals surface area (Å²) in [5.74, 6) is 0. The van der Waals surface area contributed by atoms with Gasteiger partial charge >= 0.3 is 37.7 Å². The molecular weight excluding hydrogens is 136 g/mol. The summed E-state index contributed by atoms with van der Waals surface area (Å²) >= 11 is 3.65. The first-order valence-corrected chi connectivity index (χ1v) is 2.55. The van der Waals surface area contributed by atoms with Crippen molar-refractivity contribution in [1.82, 2.24) is 0 Å². The normalized spacial score (nSPS) is 6.80. The molecule has 2 nitrogen and oxygen atoms in total. The van der Waals surface area contributed by atoms with Crippen molar-refractivity contribution in [2.45, 2.75) is 0 Å². The van der Waals surface area contributed by atoms with E-state index in [-0.39, 0.29) is 40.6 Å². The van der Waals surface area contributed by atoms with Crippen LogP contribution in [0.3, 0.4) is 0 Å². The van der Waals surface area contributed by atoms with Gasteiger partial charge in [0.05, 0.1) is 0 Å². The fraction of sp³-hybridized carbons (Fsp3) is 0. The third kappa shape index (κ3) is 28.5. The first kappa shape index (κ1) is 9.77. The molecule has 0 fully saturated rings. The summed E-state index contributed by atoms with van der Waals surface area (Å²) in [6, 6.07) is 0. The van der Waals surface area contributed by atoms with Gasteiger partial charge in [-0.3, -0.25) is 0 Å². The van der Waals surface area contributed by atoms with Crippen LogP contribution in [-0.2, 0) is 25.0 Å². The average molecular weight is 139 g/mol. The van der Waals surface area contributed by atoms with Crippen LogP contribution in [0.25, 0.3) is 0 Å². The second-order valence-electron chi connectivity index (χ2n) is 0.217. The molecule has 0 aromatic carbocycles. The number of hydrogen-bond acceptors (Lipinski definition) is 3. The fourth-order valence-electron chi connectivity index (χ4n) is 0. The summed E-state index contributed by atoms with van der Waals surface area (Å²) in [6.07, 6.45) is 0. The molecule has 0 amide bonds. The Morgan fingerprint density at radius 3 is 2.00 bits per heavy atom. The Bertz CT molecular complexity index is 62.1. The summed E-state index contributed by atoms with van der Waals surface area (Å²) < 4.78 is 16.3. The largest absolute Gasteiger partial charge is 2.00 e. The summed E-state index contributed by atoms with van der Waals surface area (Å²) in [5, 5.41) is 0. The van der Waals surface area contributed by atoms with Gasteiger partial charge in [-0.2, -0.15) is 0 Å². The molecule has 0 saturated heterocycles. The average Bonchev–Trinajstić information content (AvgIpc) is 0.811. The molecule has 0 atom stereocenters. The van der Waals surface area contributed by atoms with Gasteiger partial charge in [0.25, 0.3) is 0 Å². The Kier molecular flexibility index (Phi) is 10.9. The maximum absolute atomic E-state index is 8.93. The van der Waals surface area contributed by atoms with Crippen LogP contribution in [0, 0.1) is 0 Å². The molecule has 0 aliphatic rings. The Balaban J connectivity index is -0.0000000150. The van der Waals surface area contributed by atoms with Crippen molar-refractivity contribution in [1.29, 1.82) is 0 Å². The second-order valence-corrected chi connectivity index (χ2v) is 1.51. The standard InChI is InChI=1S/Ca.HO2S2.2H/c;1-4(2)3;;/h;(H,1,2,3);;/q+2;3*-1. The molecular formula is H3CaO2S2-. The zero-order valence-electron chi connectivity index (χ0n) is 4.38. The van der Waals surface area contributed by atoms with Gasteiger partial charge in [0.1, 0.15) is 0 Å². The van der Waals surface area contributed by atoms with Crippen molar-refractivity contribution in [3.05, 3.63) is 0 Å². The van der Waals surface area contributed by atoms with Crippen LogP contribution in [-0.4, -0.2) is 42.3 Å². The van der Waals surface area contributed by atoms with Gasteiger partial charge in [-0.25, -0.2) is 11.2 Å². The zero-order chi connectivity index (χ0) is 3.58. The van der Waals surface area contributed by atoms with Crippen LogP contribution in [0.4, 0.5) is 0 Å². The molecule has 0 unspecified atom stereocenters. The van der Waals surface area contributed by atoms with Gasteiger partial charge in [-0.05, 0) is 0 Å². The minimum Gasteiger partial charge on any atom is -1.00 e. The van der Waals surface area contributed by atoms with Crippen molar-refractivity contribution in [2.24, 2.45) is 0 Å². The van der Waals surface area contributed by atoms with E-state index in [2.05, 4.69) is 11.2 Å². The minimum absolute atomic E-state index is 0. The predicted molar refractivity (Wildman–Crippen MR) is 26.0 cm³/mol. The van der Waals surface area contributed by atoms with Gasteiger partial charge in [0, 0.05) is 0 Å². The molecule has 0 bridgehead atoms. The monoisotopic (exact) mass is 139 g/mol. The fourth-order valence-corrected chi connectivity index (χ4v) is 0. The van der Waals surface area contributed by atoms with E-state index in [9.17, 15) is 0 Å². The maximum Gasteiger partial charge on any atom is 2.00 e. The van der Waals surface area contributed by atoms with Crippen LogP contribution in [0.2, 0.25) is 0 Å². The molecule has 5 heteroatoms. The summed E-state index contributed by atoms with van der Waals surface area (Å²) in [5.41, 5.74) is 0. The molecule has 0 rings (SSSR count). The Hall–Kier alpha value is 1.59. The molecule has 0 saturated carbocycles. The van der Waals surface area contributed by atoms with Crippen LogP contribution in [0.1, 0.15) is 2.85 Å². The Morgan fingerprint density at radius 2 is 2.00 bits per heavy atom. The van der Waals surface area contributed by atoms with Gasteiger partial charge in [-0.1, -0.05) is 9.64 Å². The van der Waals surface area contributed by atoms with Gasteiger partial charge in [0.15, 0.2) is 0 Å². The van der Waals surface area contributed by atoms with E-state index in [1.54, 1.807) is 0 Å². The molecule has 5 heavy (non-hydrogen) atoms. The van der Waals surface area contributed by atoms with Crippen molar-refractivity contribution in [2.75, 3.05) is 0 Å². The van der Waals surface area contributed by atoms with Gasteiger partial charge in [0.2, 0.25) is 0 Å². The number of hydrogen-bond donors (Lipinski definition) is 1. The molecule has 1 N–H and O–H groups in total. The van der Waals surface area contributed by atoms with Crippen LogP contribution in [0.5, 0.6) is 0 Å². The van der Waals surface area contributed by atoms with E-state index in [1.165, 1.54) is 0 Å². The SMILES string of the molecule is O=[S-](O)=S.[Ca+2].[H-].[H-]. The zero-order valence-corrected chi connectivity index (χ0v) is 6.22. The van der Waals surface area contributed by atoms with Crippen molar-refractivity contribution >= 4 is 58.6 Å². The maximum atomic E-state index is 8.93. The van der Waals surface area contributed by atoms with Crippen LogP contribution in [0.15, 0.2) is 0 Å². The molecule has 0 radical (unpaired) electrons. The Morgan fingerprint density at radius 1 is 2.00 bits per heavy atom. The number of rotatable bonds is 0. The summed E-state index contributed by atoms with van der Waals surface area (Å²) in [6.45, 7) is 0. The molecule has 0 aliphatic carbocycles. The van der Waals surface area contributed by atoms with E-state index in [4.69, 9.17) is 8.76 Å². The second kappa shape index (κ2) is 5.59. The quantitative estimate of drug-likeness (QED) is 0.285. The Labute approximate surface area is 69.4 Å². The van der Waals surface area contributed by atoms with E-state index >= 15 is 0 Å². The van der Waals surface area contributed by atoms with Crippen LogP contribution >= 0.6 is 0 Å². The molecule has 30 valence electrons. The predicted octanol–water partition coefficient (Wildman–Crippen LogP) is -0.271. The third-order valence-electron chi connectivity index (χ3n) is 0. The summed E-state index contributed by atoms with van der Waals surface area (Å²) in [4.78, 5) is 0. The van der Waals surface area contributed by atoms with Crippen LogP contribution < -0.4 is 0 Å². The molecule has 0 heterocycles. The minimum atomic E-state index is -2.03. The smallest absolute Gasteiger partial charge is 1.00 e. The van der Waals surface area contributed by atoms with E-state index in [0.717, 1.165) is 0 Å². The molecule has 0 aromatic rings. The van der Waals surface area contributed by atoms with E-state index in [1.807, 2.05) is 0 Å². The van der Waals surface area contributed by atoms with Crippen molar-refractivity contribution in [3.63, 3.8) is 0 Å².